The third-order valence-electron chi connectivity index (χ3n) is 2.88. The highest BCUT2D eigenvalue weighted by atomic mass is 16.5. The van der Waals surface area contributed by atoms with Crippen molar-refractivity contribution in [1.29, 1.82) is 0 Å². The molecule has 0 saturated carbocycles. The fourth-order valence-electron chi connectivity index (χ4n) is 1.79. The molecule has 0 aliphatic heterocycles. The maximum absolute atomic E-state index is 6.07. The van der Waals surface area contributed by atoms with Crippen LogP contribution in [-0.4, -0.2) is 18.8 Å². The van der Waals surface area contributed by atoms with Crippen LogP contribution in [0.5, 0.6) is 0 Å². The summed E-state index contributed by atoms with van der Waals surface area (Å²) < 4.78 is 5.53. The van der Waals surface area contributed by atoms with Crippen molar-refractivity contribution in [3.63, 3.8) is 0 Å². The number of rotatable bonds is 6. The van der Waals surface area contributed by atoms with Gasteiger partial charge in [0, 0.05) is 13.2 Å². The molecule has 0 aliphatic carbocycles. The zero-order chi connectivity index (χ0) is 9.61. The summed E-state index contributed by atoms with van der Waals surface area (Å²) in [4.78, 5) is 0. The van der Waals surface area contributed by atoms with Crippen LogP contribution in [0.15, 0.2) is 0 Å². The third kappa shape index (κ3) is 2.46. The number of nitrogens with two attached hydrogens (primary N) is 1. The second kappa shape index (κ2) is 5.55. The normalized spacial score (nSPS) is 14.8. The van der Waals surface area contributed by atoms with Crippen LogP contribution in [0.2, 0.25) is 0 Å². The largest absolute Gasteiger partial charge is 0.377 e. The van der Waals surface area contributed by atoms with E-state index < -0.39 is 0 Å². The molecular formula is C10H23NO. The Kier molecular flexibility index (Phi) is 5.51. The Morgan fingerprint density at radius 2 is 1.75 bits per heavy atom. The molecule has 0 saturated heterocycles. The van der Waals surface area contributed by atoms with E-state index in [0.29, 0.717) is 0 Å². The van der Waals surface area contributed by atoms with Gasteiger partial charge < -0.3 is 10.5 Å². The average Bonchev–Trinajstić information content (AvgIpc) is 2.09. The van der Waals surface area contributed by atoms with Crippen molar-refractivity contribution in [2.45, 2.75) is 58.1 Å². The van der Waals surface area contributed by atoms with Crippen LogP contribution >= 0.6 is 0 Å². The van der Waals surface area contributed by atoms with E-state index in [0.717, 1.165) is 25.7 Å². The van der Waals surface area contributed by atoms with Crippen LogP contribution in [0.4, 0.5) is 0 Å². The number of ether oxygens (including phenoxy) is 1. The summed E-state index contributed by atoms with van der Waals surface area (Å²) in [5.41, 5.74) is 5.98. The van der Waals surface area contributed by atoms with E-state index >= 15 is 0 Å². The van der Waals surface area contributed by atoms with Gasteiger partial charge in [-0.1, -0.05) is 27.2 Å². The molecule has 1 atom stereocenters. The average molecular weight is 173 g/mol. The van der Waals surface area contributed by atoms with Crippen molar-refractivity contribution >= 4 is 0 Å². The maximum atomic E-state index is 6.07. The van der Waals surface area contributed by atoms with Gasteiger partial charge in [0.25, 0.3) is 0 Å². The first-order valence-electron chi connectivity index (χ1n) is 4.97. The quantitative estimate of drug-likeness (QED) is 0.669. The minimum absolute atomic E-state index is 0.0873. The molecule has 0 rings (SSSR count). The van der Waals surface area contributed by atoms with E-state index in [1.165, 1.54) is 0 Å². The molecule has 0 bridgehead atoms. The van der Waals surface area contributed by atoms with E-state index in [2.05, 4.69) is 20.8 Å². The van der Waals surface area contributed by atoms with E-state index in [9.17, 15) is 0 Å². The van der Waals surface area contributed by atoms with Gasteiger partial charge in [0.15, 0.2) is 0 Å². The monoisotopic (exact) mass is 173 g/mol. The van der Waals surface area contributed by atoms with Gasteiger partial charge in [-0.15, -0.1) is 0 Å². The molecule has 2 nitrogen and oxygen atoms in total. The first kappa shape index (κ1) is 11.9. The van der Waals surface area contributed by atoms with Crippen molar-refractivity contribution in [3.05, 3.63) is 0 Å². The third-order valence-corrected chi connectivity index (χ3v) is 2.88. The standard InChI is InChI=1S/C10H23NO/c1-5-8-9(11)10(6-2,7-3)12-4/h9H,5-8,11H2,1-4H3/t9-/m1/s1. The highest BCUT2D eigenvalue weighted by molar-refractivity contribution is 4.88. The minimum atomic E-state index is -0.0873. The lowest BCUT2D eigenvalue weighted by molar-refractivity contribution is -0.0395. The number of hydrogen-bond acceptors (Lipinski definition) is 2. The first-order chi connectivity index (χ1) is 5.66. The van der Waals surface area contributed by atoms with Gasteiger partial charge in [-0.05, 0) is 19.3 Å². The summed E-state index contributed by atoms with van der Waals surface area (Å²) in [5, 5.41) is 0. The molecule has 0 radical (unpaired) electrons. The van der Waals surface area contributed by atoms with Crippen molar-refractivity contribution in [2.24, 2.45) is 5.73 Å². The smallest absolute Gasteiger partial charge is 0.0823 e. The van der Waals surface area contributed by atoms with Gasteiger partial charge >= 0.3 is 0 Å². The summed E-state index contributed by atoms with van der Waals surface area (Å²) in [5.74, 6) is 0. The van der Waals surface area contributed by atoms with Crippen molar-refractivity contribution < 1.29 is 4.74 Å². The van der Waals surface area contributed by atoms with Crippen LogP contribution in [0.25, 0.3) is 0 Å². The molecule has 2 N–H and O–H groups in total. The van der Waals surface area contributed by atoms with E-state index in [1.54, 1.807) is 7.11 Å². The fraction of sp³-hybridized carbons (Fsp3) is 1.00. The first-order valence-corrected chi connectivity index (χ1v) is 4.97. The highest BCUT2D eigenvalue weighted by Gasteiger charge is 2.32. The van der Waals surface area contributed by atoms with Crippen molar-refractivity contribution in [1.82, 2.24) is 0 Å². The lowest BCUT2D eigenvalue weighted by Crippen LogP contribution is -2.48. The van der Waals surface area contributed by atoms with Crippen LogP contribution in [0.1, 0.15) is 46.5 Å². The molecule has 2 heteroatoms. The predicted octanol–water partition coefficient (Wildman–Crippen LogP) is 2.32. The lowest BCUT2D eigenvalue weighted by atomic mass is 9.86. The molecule has 12 heavy (non-hydrogen) atoms. The van der Waals surface area contributed by atoms with Crippen LogP contribution < -0.4 is 5.73 Å². The molecule has 0 heterocycles. The molecule has 0 unspecified atom stereocenters. The second-order valence-corrected chi connectivity index (χ2v) is 3.37. The Balaban J connectivity index is 4.24. The lowest BCUT2D eigenvalue weighted by Gasteiger charge is -2.36. The Bertz CT molecular complexity index is 102. The summed E-state index contributed by atoms with van der Waals surface area (Å²) >= 11 is 0. The molecule has 0 fully saturated rings. The maximum Gasteiger partial charge on any atom is 0.0823 e. The van der Waals surface area contributed by atoms with Crippen LogP contribution in [0, 0.1) is 0 Å². The molecule has 74 valence electrons. The van der Waals surface area contributed by atoms with Crippen LogP contribution in [-0.2, 0) is 4.74 Å². The van der Waals surface area contributed by atoms with Gasteiger partial charge in [0.1, 0.15) is 0 Å². The topological polar surface area (TPSA) is 35.2 Å². The van der Waals surface area contributed by atoms with Gasteiger partial charge in [-0.25, -0.2) is 0 Å². The predicted molar refractivity (Wildman–Crippen MR) is 53.2 cm³/mol. The molecule has 0 aromatic rings. The summed E-state index contributed by atoms with van der Waals surface area (Å²) in [6.07, 6.45) is 4.18. The van der Waals surface area contributed by atoms with E-state index in [1.807, 2.05) is 0 Å². The second-order valence-electron chi connectivity index (χ2n) is 3.37. The van der Waals surface area contributed by atoms with Gasteiger partial charge in [-0.2, -0.15) is 0 Å². The molecule has 0 aliphatic rings. The molecule has 0 amide bonds. The Morgan fingerprint density at radius 3 is 2.00 bits per heavy atom. The molecule has 0 aromatic carbocycles. The molecule has 0 aromatic heterocycles. The zero-order valence-corrected chi connectivity index (χ0v) is 8.89. The van der Waals surface area contributed by atoms with Gasteiger partial charge in [-0.3, -0.25) is 0 Å². The van der Waals surface area contributed by atoms with Gasteiger partial charge in [0.05, 0.1) is 5.60 Å². The van der Waals surface area contributed by atoms with Crippen molar-refractivity contribution in [2.75, 3.05) is 7.11 Å². The highest BCUT2D eigenvalue weighted by Crippen LogP contribution is 2.25. The minimum Gasteiger partial charge on any atom is -0.377 e. The molecular weight excluding hydrogens is 150 g/mol. The molecule has 0 spiro atoms. The SMILES string of the molecule is CCC[C@@H](N)C(CC)(CC)OC. The number of methoxy groups -OCH3 is 1. The summed E-state index contributed by atoms with van der Waals surface area (Å²) in [6.45, 7) is 6.44. The fourth-order valence-corrected chi connectivity index (χ4v) is 1.79. The Hall–Kier alpha value is -0.0800. The van der Waals surface area contributed by atoms with Crippen LogP contribution in [0.3, 0.4) is 0 Å². The Morgan fingerprint density at radius 1 is 1.25 bits per heavy atom. The number of hydrogen-bond donors (Lipinski definition) is 1. The Labute approximate surface area is 76.5 Å². The van der Waals surface area contributed by atoms with Gasteiger partial charge in [0.2, 0.25) is 0 Å². The summed E-state index contributed by atoms with van der Waals surface area (Å²) in [7, 11) is 1.77. The zero-order valence-electron chi connectivity index (χ0n) is 8.89. The summed E-state index contributed by atoms with van der Waals surface area (Å²) in [6, 6.07) is 0.183. The van der Waals surface area contributed by atoms with E-state index in [-0.39, 0.29) is 11.6 Å². The van der Waals surface area contributed by atoms with Crippen molar-refractivity contribution in [3.8, 4) is 0 Å². The van der Waals surface area contributed by atoms with E-state index in [4.69, 9.17) is 10.5 Å².